The van der Waals surface area contributed by atoms with Crippen molar-refractivity contribution < 1.29 is 19.1 Å². The van der Waals surface area contributed by atoms with Gasteiger partial charge in [-0.3, -0.25) is 0 Å². The van der Waals surface area contributed by atoms with E-state index in [0.717, 1.165) is 15.6 Å². The highest BCUT2D eigenvalue weighted by Crippen LogP contribution is 2.39. The number of ether oxygens (including phenoxy) is 2. The molecule has 5 nitrogen and oxygen atoms in total. The van der Waals surface area contributed by atoms with Gasteiger partial charge < -0.3 is 14.8 Å². The fraction of sp³-hybridized carbons (Fsp3) is 0.217. The molecule has 3 rings (SSSR count). The lowest BCUT2D eigenvalue weighted by Gasteiger charge is -2.30. The normalized spacial score (nSPS) is 16.3. The number of hydrogen-bond donors (Lipinski definition) is 1. The molecular weight excluding hydrogens is 434 g/mol. The monoisotopic (exact) mass is 455 g/mol. The average molecular weight is 456 g/mol. The molecule has 1 atom stereocenters. The summed E-state index contributed by atoms with van der Waals surface area (Å²) in [5.41, 5.74) is 3.80. The third-order valence-corrected chi connectivity index (χ3v) is 5.33. The van der Waals surface area contributed by atoms with Crippen LogP contribution < -0.4 is 5.32 Å². The lowest BCUT2D eigenvalue weighted by molar-refractivity contribution is -0.140. The SMILES string of the molecule is COC(=O)C1=C(C)NC(C)=C(C(=O)OCc2ccccc2)[C@H]1c1ccc(Br)cc1. The van der Waals surface area contributed by atoms with Gasteiger partial charge in [0.1, 0.15) is 6.61 Å². The van der Waals surface area contributed by atoms with Crippen LogP contribution in [0.4, 0.5) is 0 Å². The molecule has 0 unspecified atom stereocenters. The molecule has 0 bridgehead atoms. The minimum atomic E-state index is -0.583. The summed E-state index contributed by atoms with van der Waals surface area (Å²) in [5, 5.41) is 3.13. The Labute approximate surface area is 178 Å². The molecule has 150 valence electrons. The van der Waals surface area contributed by atoms with Crippen LogP contribution in [0.1, 0.15) is 30.9 Å². The second-order valence-corrected chi connectivity index (χ2v) is 7.66. The van der Waals surface area contributed by atoms with Crippen LogP contribution in [0, 0.1) is 0 Å². The maximum Gasteiger partial charge on any atom is 0.337 e. The summed E-state index contributed by atoms with van der Waals surface area (Å²) in [7, 11) is 1.33. The van der Waals surface area contributed by atoms with Crippen molar-refractivity contribution in [3.05, 3.63) is 92.7 Å². The van der Waals surface area contributed by atoms with Gasteiger partial charge in [-0.2, -0.15) is 0 Å². The minimum Gasteiger partial charge on any atom is -0.466 e. The molecule has 2 aromatic rings. The summed E-state index contributed by atoms with van der Waals surface area (Å²) in [5.74, 6) is -1.54. The van der Waals surface area contributed by atoms with Crippen LogP contribution in [-0.2, 0) is 25.7 Å². The van der Waals surface area contributed by atoms with Gasteiger partial charge in [-0.25, -0.2) is 9.59 Å². The Bertz CT molecular complexity index is 978. The summed E-state index contributed by atoms with van der Waals surface area (Å²) < 4.78 is 11.5. The van der Waals surface area contributed by atoms with E-state index in [9.17, 15) is 9.59 Å². The molecule has 0 fully saturated rings. The molecule has 0 saturated heterocycles. The Morgan fingerprint density at radius 2 is 1.52 bits per heavy atom. The molecule has 1 heterocycles. The molecule has 2 aromatic carbocycles. The number of methoxy groups -OCH3 is 1. The Kier molecular flexibility index (Phi) is 6.54. The van der Waals surface area contributed by atoms with E-state index in [2.05, 4.69) is 21.2 Å². The number of halogens is 1. The van der Waals surface area contributed by atoms with Crippen molar-refractivity contribution in [1.82, 2.24) is 5.32 Å². The lowest BCUT2D eigenvalue weighted by atomic mass is 9.80. The molecule has 1 aliphatic heterocycles. The van der Waals surface area contributed by atoms with Crippen molar-refractivity contribution in [3.63, 3.8) is 0 Å². The zero-order valence-corrected chi connectivity index (χ0v) is 18.1. The third kappa shape index (κ3) is 4.59. The van der Waals surface area contributed by atoms with E-state index >= 15 is 0 Å². The summed E-state index contributed by atoms with van der Waals surface area (Å²) in [4.78, 5) is 25.7. The van der Waals surface area contributed by atoms with Crippen LogP contribution in [-0.4, -0.2) is 19.0 Å². The molecule has 1 N–H and O–H groups in total. The van der Waals surface area contributed by atoms with E-state index in [1.165, 1.54) is 7.11 Å². The van der Waals surface area contributed by atoms with Crippen LogP contribution in [0.5, 0.6) is 0 Å². The number of dihydropyridines is 1. The van der Waals surface area contributed by atoms with Crippen molar-refractivity contribution in [2.24, 2.45) is 0 Å². The highest BCUT2D eigenvalue weighted by atomic mass is 79.9. The molecule has 1 aliphatic rings. The van der Waals surface area contributed by atoms with Crippen molar-refractivity contribution in [1.29, 1.82) is 0 Å². The number of carbonyl (C=O) groups excluding carboxylic acids is 2. The summed E-state index contributed by atoms with van der Waals surface area (Å²) >= 11 is 3.43. The van der Waals surface area contributed by atoms with Crippen LogP contribution in [0.2, 0.25) is 0 Å². The van der Waals surface area contributed by atoms with Gasteiger partial charge >= 0.3 is 11.9 Å². The first kappa shape index (κ1) is 20.9. The van der Waals surface area contributed by atoms with Gasteiger partial charge in [0.25, 0.3) is 0 Å². The standard InChI is InChI=1S/C23H22BrNO4/c1-14-19(22(26)28-3)21(17-9-11-18(24)12-10-17)20(15(2)25-14)23(27)29-13-16-7-5-4-6-8-16/h4-12,21,25H,13H2,1-3H3/t21-/m0/s1. The van der Waals surface area contributed by atoms with E-state index in [0.29, 0.717) is 22.5 Å². The van der Waals surface area contributed by atoms with Crippen LogP contribution >= 0.6 is 15.9 Å². The highest BCUT2D eigenvalue weighted by molar-refractivity contribution is 9.10. The van der Waals surface area contributed by atoms with E-state index in [4.69, 9.17) is 9.47 Å². The van der Waals surface area contributed by atoms with E-state index in [1.807, 2.05) is 61.5 Å². The smallest absolute Gasteiger partial charge is 0.337 e. The molecule has 0 radical (unpaired) electrons. The maximum absolute atomic E-state index is 13.1. The zero-order valence-electron chi connectivity index (χ0n) is 16.5. The molecule has 29 heavy (non-hydrogen) atoms. The quantitative estimate of drug-likeness (QED) is 0.667. The fourth-order valence-corrected chi connectivity index (χ4v) is 3.70. The zero-order chi connectivity index (χ0) is 21.0. The number of esters is 2. The van der Waals surface area contributed by atoms with Gasteiger partial charge in [0.15, 0.2) is 0 Å². The molecule has 0 spiro atoms. The second-order valence-electron chi connectivity index (χ2n) is 6.74. The molecule has 6 heteroatoms. The maximum atomic E-state index is 13.1. The number of rotatable bonds is 5. The molecule has 0 aromatic heterocycles. The van der Waals surface area contributed by atoms with Crippen molar-refractivity contribution >= 4 is 27.9 Å². The molecule has 0 aliphatic carbocycles. The van der Waals surface area contributed by atoms with Crippen molar-refractivity contribution in [2.45, 2.75) is 26.4 Å². The van der Waals surface area contributed by atoms with Crippen LogP contribution in [0.25, 0.3) is 0 Å². The van der Waals surface area contributed by atoms with E-state index < -0.39 is 17.9 Å². The minimum absolute atomic E-state index is 0.153. The molecule has 0 amide bonds. The van der Waals surface area contributed by atoms with E-state index in [-0.39, 0.29) is 6.61 Å². The first-order valence-corrected chi connectivity index (χ1v) is 9.95. The Hall–Kier alpha value is -2.86. The largest absolute Gasteiger partial charge is 0.466 e. The van der Waals surface area contributed by atoms with E-state index in [1.54, 1.807) is 6.92 Å². The molecule has 0 saturated carbocycles. The third-order valence-electron chi connectivity index (χ3n) is 4.80. The number of benzene rings is 2. The number of nitrogens with one attached hydrogen (secondary N) is 1. The van der Waals surface area contributed by atoms with Gasteiger partial charge in [-0.15, -0.1) is 0 Å². The Morgan fingerprint density at radius 1 is 0.931 bits per heavy atom. The van der Waals surface area contributed by atoms with Crippen LogP contribution in [0.3, 0.4) is 0 Å². The number of allylic oxidation sites excluding steroid dienone is 2. The summed E-state index contributed by atoms with van der Waals surface area (Å²) in [6.45, 7) is 3.76. The van der Waals surface area contributed by atoms with Crippen LogP contribution in [0.15, 0.2) is 81.6 Å². The summed E-state index contributed by atoms with van der Waals surface area (Å²) in [6, 6.07) is 17.0. The fourth-order valence-electron chi connectivity index (χ4n) is 3.43. The first-order valence-electron chi connectivity index (χ1n) is 9.15. The molecular formula is C23H22BrNO4. The van der Waals surface area contributed by atoms with Gasteiger partial charge in [0.05, 0.1) is 24.2 Å². The average Bonchev–Trinajstić information content (AvgIpc) is 2.72. The highest BCUT2D eigenvalue weighted by Gasteiger charge is 2.37. The Balaban J connectivity index is 1.99. The number of hydrogen-bond acceptors (Lipinski definition) is 5. The van der Waals surface area contributed by atoms with Crippen molar-refractivity contribution in [3.8, 4) is 0 Å². The lowest BCUT2D eigenvalue weighted by Crippen LogP contribution is -2.32. The van der Waals surface area contributed by atoms with Gasteiger partial charge in [-0.05, 0) is 37.1 Å². The number of carbonyl (C=O) groups is 2. The summed E-state index contributed by atoms with van der Waals surface area (Å²) in [6.07, 6.45) is 0. The van der Waals surface area contributed by atoms with Gasteiger partial charge in [-0.1, -0.05) is 58.4 Å². The van der Waals surface area contributed by atoms with Crippen molar-refractivity contribution in [2.75, 3.05) is 7.11 Å². The predicted molar refractivity (Wildman–Crippen MR) is 114 cm³/mol. The Morgan fingerprint density at radius 3 is 2.10 bits per heavy atom. The van der Waals surface area contributed by atoms with Gasteiger partial charge in [0, 0.05) is 15.9 Å². The topological polar surface area (TPSA) is 64.6 Å². The van der Waals surface area contributed by atoms with Gasteiger partial charge in [0.2, 0.25) is 0 Å². The first-order chi connectivity index (χ1) is 13.9. The second kappa shape index (κ2) is 9.09. The predicted octanol–water partition coefficient (Wildman–Crippen LogP) is 4.60.